The van der Waals surface area contributed by atoms with Crippen molar-refractivity contribution < 1.29 is 14.0 Å². The molecule has 4 heterocycles. The minimum absolute atomic E-state index is 0.0454. The van der Waals surface area contributed by atoms with Gasteiger partial charge in [-0.1, -0.05) is 29.4 Å². The van der Waals surface area contributed by atoms with Gasteiger partial charge < -0.3 is 14.0 Å². The molecule has 0 amide bonds. The first-order chi connectivity index (χ1) is 15.1. The van der Waals surface area contributed by atoms with E-state index < -0.39 is 0 Å². The molecule has 9 heteroatoms. The lowest BCUT2D eigenvalue weighted by atomic mass is 10.2. The van der Waals surface area contributed by atoms with Gasteiger partial charge in [-0.2, -0.15) is 4.52 Å². The van der Waals surface area contributed by atoms with Gasteiger partial charge in [-0.3, -0.25) is 0 Å². The SMILES string of the molecule is Cc1cc(-c2nnc3c4ccccc4c(OCc4cccc(OC(C)C)n4)nn23)no1. The van der Waals surface area contributed by atoms with Crippen molar-refractivity contribution in [3.63, 3.8) is 0 Å². The second-order valence-corrected chi connectivity index (χ2v) is 7.35. The molecular formula is C22H20N6O3. The third kappa shape index (κ3) is 3.65. The van der Waals surface area contributed by atoms with Crippen LogP contribution in [0.3, 0.4) is 0 Å². The minimum atomic E-state index is 0.0454. The number of ether oxygens (including phenoxy) is 2. The predicted octanol–water partition coefficient (Wildman–Crippen LogP) is 4.00. The maximum atomic E-state index is 6.09. The van der Waals surface area contributed by atoms with E-state index in [0.717, 1.165) is 16.5 Å². The standard InChI is InChI=1S/C22H20N6O3/c1-13(2)30-19-10-6-7-15(23-19)12-29-22-17-9-5-4-8-16(17)20-24-25-21(28(20)26-22)18-11-14(3)31-27-18/h4-11,13H,12H2,1-3H3. The maximum Gasteiger partial charge on any atom is 0.240 e. The topological polar surface area (TPSA) is 100 Å². The molecular weight excluding hydrogens is 396 g/mol. The van der Waals surface area contributed by atoms with Gasteiger partial charge in [-0.15, -0.1) is 15.3 Å². The van der Waals surface area contributed by atoms with Gasteiger partial charge in [0.25, 0.3) is 0 Å². The molecule has 0 aliphatic heterocycles. The van der Waals surface area contributed by atoms with Crippen LogP contribution in [0.25, 0.3) is 27.9 Å². The summed E-state index contributed by atoms with van der Waals surface area (Å²) >= 11 is 0. The van der Waals surface area contributed by atoms with Crippen molar-refractivity contribution in [3.05, 3.63) is 60.0 Å². The lowest BCUT2D eigenvalue weighted by Crippen LogP contribution is -2.09. The number of fused-ring (bicyclic) bond motifs is 3. The number of hydrogen-bond acceptors (Lipinski definition) is 8. The molecule has 4 aromatic heterocycles. The fourth-order valence-corrected chi connectivity index (χ4v) is 3.28. The highest BCUT2D eigenvalue weighted by Gasteiger charge is 2.18. The molecule has 0 bridgehead atoms. The van der Waals surface area contributed by atoms with E-state index in [1.165, 1.54) is 0 Å². The average Bonchev–Trinajstić information content (AvgIpc) is 3.38. The van der Waals surface area contributed by atoms with E-state index in [4.69, 9.17) is 14.0 Å². The van der Waals surface area contributed by atoms with Crippen molar-refractivity contribution in [3.8, 4) is 23.3 Å². The molecule has 0 atom stereocenters. The van der Waals surface area contributed by atoms with Crippen LogP contribution in [0.4, 0.5) is 0 Å². The summed E-state index contributed by atoms with van der Waals surface area (Å²) in [6.07, 6.45) is 0.0454. The highest BCUT2D eigenvalue weighted by Crippen LogP contribution is 2.29. The molecule has 5 rings (SSSR count). The summed E-state index contributed by atoms with van der Waals surface area (Å²) in [4.78, 5) is 4.50. The maximum absolute atomic E-state index is 6.09. The Morgan fingerprint density at radius 1 is 1.03 bits per heavy atom. The van der Waals surface area contributed by atoms with Crippen molar-refractivity contribution >= 4 is 16.4 Å². The normalized spacial score (nSPS) is 11.5. The molecule has 0 unspecified atom stereocenters. The summed E-state index contributed by atoms with van der Waals surface area (Å²) in [7, 11) is 0. The first-order valence-electron chi connectivity index (χ1n) is 9.92. The third-order valence-corrected chi connectivity index (χ3v) is 4.58. The van der Waals surface area contributed by atoms with Crippen LogP contribution in [0.15, 0.2) is 53.1 Å². The highest BCUT2D eigenvalue weighted by molar-refractivity contribution is 5.96. The summed E-state index contributed by atoms with van der Waals surface area (Å²) in [5.41, 5.74) is 1.91. The van der Waals surface area contributed by atoms with E-state index in [9.17, 15) is 0 Å². The van der Waals surface area contributed by atoms with Gasteiger partial charge in [0.2, 0.25) is 17.6 Å². The van der Waals surface area contributed by atoms with Crippen molar-refractivity contribution in [1.29, 1.82) is 0 Å². The van der Waals surface area contributed by atoms with Gasteiger partial charge in [0.15, 0.2) is 11.3 Å². The third-order valence-electron chi connectivity index (χ3n) is 4.58. The van der Waals surface area contributed by atoms with Crippen molar-refractivity contribution in [2.45, 2.75) is 33.5 Å². The second-order valence-electron chi connectivity index (χ2n) is 7.35. The summed E-state index contributed by atoms with van der Waals surface area (Å²) in [6, 6.07) is 15.2. The van der Waals surface area contributed by atoms with E-state index in [2.05, 4.69) is 25.4 Å². The number of rotatable bonds is 6. The molecule has 0 N–H and O–H groups in total. The zero-order valence-electron chi connectivity index (χ0n) is 17.3. The largest absolute Gasteiger partial charge is 0.475 e. The molecule has 9 nitrogen and oxygen atoms in total. The Hall–Kier alpha value is -4.01. The van der Waals surface area contributed by atoms with Crippen LogP contribution in [0.1, 0.15) is 25.3 Å². The Kier molecular flexibility index (Phi) is 4.70. The lowest BCUT2D eigenvalue weighted by molar-refractivity contribution is 0.229. The molecule has 0 saturated carbocycles. The summed E-state index contributed by atoms with van der Waals surface area (Å²) in [5.74, 6) is 2.17. The number of pyridine rings is 1. The Morgan fingerprint density at radius 3 is 2.65 bits per heavy atom. The monoisotopic (exact) mass is 416 g/mol. The first-order valence-corrected chi connectivity index (χ1v) is 9.92. The molecule has 0 saturated heterocycles. The van der Waals surface area contributed by atoms with Gasteiger partial charge in [0.1, 0.15) is 12.4 Å². The average molecular weight is 416 g/mol. The van der Waals surface area contributed by atoms with Crippen LogP contribution >= 0.6 is 0 Å². The highest BCUT2D eigenvalue weighted by atomic mass is 16.5. The number of hydrogen-bond donors (Lipinski definition) is 0. The Labute approximate surface area is 177 Å². The van der Waals surface area contributed by atoms with Crippen LogP contribution < -0.4 is 9.47 Å². The van der Waals surface area contributed by atoms with Crippen LogP contribution in [-0.4, -0.2) is 36.1 Å². The summed E-state index contributed by atoms with van der Waals surface area (Å²) < 4.78 is 18.6. The number of nitrogens with zero attached hydrogens (tertiary/aromatic N) is 6. The first kappa shape index (κ1) is 19.0. The van der Waals surface area contributed by atoms with E-state index in [-0.39, 0.29) is 12.7 Å². The van der Waals surface area contributed by atoms with Gasteiger partial charge in [-0.25, -0.2) is 4.98 Å². The van der Waals surface area contributed by atoms with Crippen LogP contribution in [-0.2, 0) is 6.61 Å². The molecule has 0 fully saturated rings. The van der Waals surface area contributed by atoms with E-state index in [1.54, 1.807) is 10.6 Å². The Bertz CT molecular complexity index is 1370. The lowest BCUT2D eigenvalue weighted by Gasteiger charge is -2.11. The zero-order valence-corrected chi connectivity index (χ0v) is 17.3. The van der Waals surface area contributed by atoms with Gasteiger partial charge in [-0.05, 0) is 32.9 Å². The van der Waals surface area contributed by atoms with Gasteiger partial charge in [0.05, 0.1) is 11.8 Å². The molecule has 1 aromatic carbocycles. The fourth-order valence-electron chi connectivity index (χ4n) is 3.28. The molecule has 0 aliphatic carbocycles. The number of aromatic nitrogens is 6. The Balaban J connectivity index is 1.54. The smallest absolute Gasteiger partial charge is 0.240 e. The van der Waals surface area contributed by atoms with Crippen LogP contribution in [0, 0.1) is 6.92 Å². The van der Waals surface area contributed by atoms with E-state index in [1.807, 2.05) is 63.2 Å². The fraction of sp³-hybridized carbons (Fsp3) is 0.227. The van der Waals surface area contributed by atoms with E-state index >= 15 is 0 Å². The molecule has 31 heavy (non-hydrogen) atoms. The molecule has 5 aromatic rings. The second kappa shape index (κ2) is 7.67. The van der Waals surface area contributed by atoms with Crippen molar-refractivity contribution in [2.75, 3.05) is 0 Å². The van der Waals surface area contributed by atoms with Crippen molar-refractivity contribution in [1.82, 2.24) is 30.0 Å². The molecule has 0 aliphatic rings. The van der Waals surface area contributed by atoms with Gasteiger partial charge >= 0.3 is 0 Å². The van der Waals surface area contributed by atoms with Crippen LogP contribution in [0.2, 0.25) is 0 Å². The predicted molar refractivity (Wildman–Crippen MR) is 113 cm³/mol. The van der Waals surface area contributed by atoms with Crippen LogP contribution in [0.5, 0.6) is 11.8 Å². The van der Waals surface area contributed by atoms with Crippen molar-refractivity contribution in [2.24, 2.45) is 0 Å². The molecule has 0 radical (unpaired) electrons. The summed E-state index contributed by atoms with van der Waals surface area (Å²) in [5, 5.41) is 19.0. The Morgan fingerprint density at radius 2 is 1.87 bits per heavy atom. The zero-order chi connectivity index (χ0) is 21.4. The number of aryl methyl sites for hydroxylation is 1. The molecule has 0 spiro atoms. The van der Waals surface area contributed by atoms with E-state index in [0.29, 0.717) is 34.7 Å². The minimum Gasteiger partial charge on any atom is -0.475 e. The molecule has 156 valence electrons. The summed E-state index contributed by atoms with van der Waals surface area (Å²) in [6.45, 7) is 5.98. The number of benzene rings is 1. The van der Waals surface area contributed by atoms with Gasteiger partial charge in [0, 0.05) is 22.9 Å². The quantitative estimate of drug-likeness (QED) is 0.409.